The van der Waals surface area contributed by atoms with E-state index in [1.54, 1.807) is 0 Å². The molecule has 0 aromatic heterocycles. The highest BCUT2D eigenvalue weighted by molar-refractivity contribution is 5.99. The van der Waals surface area contributed by atoms with Crippen LogP contribution in [0.1, 0.15) is 34.8 Å². The summed E-state index contributed by atoms with van der Waals surface area (Å²) in [4.78, 5) is 12.4. The first-order valence-corrected chi connectivity index (χ1v) is 7.06. The summed E-state index contributed by atoms with van der Waals surface area (Å²) < 4.78 is 13.1. The van der Waals surface area contributed by atoms with Crippen molar-refractivity contribution in [2.75, 3.05) is 5.73 Å². The first-order chi connectivity index (χ1) is 10.1. The van der Waals surface area contributed by atoms with Crippen molar-refractivity contribution in [1.82, 2.24) is 5.32 Å². The van der Waals surface area contributed by atoms with E-state index < -0.39 is 5.82 Å². The van der Waals surface area contributed by atoms with Gasteiger partial charge in [0.05, 0.1) is 11.6 Å². The number of rotatable bonds is 4. The third-order valence-corrected chi connectivity index (χ3v) is 3.80. The monoisotopic (exact) mass is 284 g/mol. The molecule has 0 radical (unpaired) electrons. The van der Waals surface area contributed by atoms with Crippen LogP contribution in [0.4, 0.5) is 10.1 Å². The normalized spacial score (nSPS) is 15.5. The molecular formula is C17H17FN2O. The van der Waals surface area contributed by atoms with Crippen molar-refractivity contribution in [1.29, 1.82) is 0 Å². The van der Waals surface area contributed by atoms with Gasteiger partial charge in [-0.05, 0) is 42.5 Å². The van der Waals surface area contributed by atoms with Crippen LogP contribution >= 0.6 is 0 Å². The minimum absolute atomic E-state index is 0.0110. The zero-order valence-corrected chi connectivity index (χ0v) is 11.6. The molecule has 3 nitrogen and oxygen atoms in total. The SMILES string of the molecule is Nc1cc(F)ccc1C(=O)NC(c1ccccc1)C1CC1. The van der Waals surface area contributed by atoms with Gasteiger partial charge in [-0.25, -0.2) is 4.39 Å². The standard InChI is InChI=1S/C17H17FN2O/c18-13-8-9-14(15(19)10-13)17(21)20-16(12-6-7-12)11-4-2-1-3-5-11/h1-5,8-10,12,16H,6-7,19H2,(H,20,21). The van der Waals surface area contributed by atoms with Crippen LogP contribution in [0.3, 0.4) is 0 Å². The molecule has 4 heteroatoms. The number of amides is 1. The second-order valence-electron chi connectivity index (χ2n) is 5.43. The van der Waals surface area contributed by atoms with E-state index in [-0.39, 0.29) is 17.6 Å². The summed E-state index contributed by atoms with van der Waals surface area (Å²) in [6.45, 7) is 0. The van der Waals surface area contributed by atoms with Crippen LogP contribution in [0, 0.1) is 11.7 Å². The van der Waals surface area contributed by atoms with Crippen molar-refractivity contribution in [3.63, 3.8) is 0 Å². The maximum absolute atomic E-state index is 13.1. The largest absolute Gasteiger partial charge is 0.398 e. The summed E-state index contributed by atoms with van der Waals surface area (Å²) in [5, 5.41) is 3.03. The lowest BCUT2D eigenvalue weighted by molar-refractivity contribution is 0.0932. The summed E-state index contributed by atoms with van der Waals surface area (Å²) in [6.07, 6.45) is 2.22. The lowest BCUT2D eigenvalue weighted by atomic mass is 10.0. The number of carbonyl (C=O) groups is 1. The third kappa shape index (κ3) is 3.05. The van der Waals surface area contributed by atoms with Gasteiger partial charge in [0.15, 0.2) is 0 Å². The molecule has 1 fully saturated rings. The number of hydrogen-bond acceptors (Lipinski definition) is 2. The fourth-order valence-electron chi connectivity index (χ4n) is 2.52. The molecule has 1 saturated carbocycles. The quantitative estimate of drug-likeness (QED) is 0.846. The number of nitrogens with one attached hydrogen (secondary N) is 1. The highest BCUT2D eigenvalue weighted by Gasteiger charge is 2.33. The molecule has 1 atom stereocenters. The Hall–Kier alpha value is -2.36. The number of benzene rings is 2. The Bertz CT molecular complexity index is 653. The number of hydrogen-bond donors (Lipinski definition) is 2. The Morgan fingerprint density at radius 1 is 1.19 bits per heavy atom. The lowest BCUT2D eigenvalue weighted by Crippen LogP contribution is -2.30. The van der Waals surface area contributed by atoms with E-state index in [1.165, 1.54) is 18.2 Å². The molecule has 108 valence electrons. The summed E-state index contributed by atoms with van der Waals surface area (Å²) in [5.41, 5.74) is 7.30. The van der Waals surface area contributed by atoms with Gasteiger partial charge in [0.2, 0.25) is 0 Å². The van der Waals surface area contributed by atoms with E-state index in [4.69, 9.17) is 5.73 Å². The maximum Gasteiger partial charge on any atom is 0.253 e. The van der Waals surface area contributed by atoms with Gasteiger partial charge in [-0.3, -0.25) is 4.79 Å². The molecule has 0 aliphatic heterocycles. The van der Waals surface area contributed by atoms with Crippen LogP contribution in [-0.2, 0) is 0 Å². The minimum Gasteiger partial charge on any atom is -0.398 e. The Balaban J connectivity index is 1.81. The van der Waals surface area contributed by atoms with Crippen molar-refractivity contribution in [2.24, 2.45) is 5.92 Å². The smallest absolute Gasteiger partial charge is 0.253 e. The minimum atomic E-state index is -0.439. The summed E-state index contributed by atoms with van der Waals surface area (Å²) in [6, 6.07) is 13.7. The highest BCUT2D eigenvalue weighted by Crippen LogP contribution is 2.41. The van der Waals surface area contributed by atoms with Gasteiger partial charge in [-0.15, -0.1) is 0 Å². The molecule has 3 N–H and O–H groups in total. The van der Waals surface area contributed by atoms with Gasteiger partial charge in [0, 0.05) is 5.69 Å². The molecule has 21 heavy (non-hydrogen) atoms. The van der Waals surface area contributed by atoms with Crippen LogP contribution in [0.2, 0.25) is 0 Å². The Morgan fingerprint density at radius 3 is 2.52 bits per heavy atom. The van der Waals surface area contributed by atoms with Gasteiger partial charge in [-0.1, -0.05) is 30.3 Å². The zero-order chi connectivity index (χ0) is 14.8. The van der Waals surface area contributed by atoms with E-state index in [1.807, 2.05) is 30.3 Å². The van der Waals surface area contributed by atoms with Crippen molar-refractivity contribution in [3.8, 4) is 0 Å². The number of nitrogen functional groups attached to an aromatic ring is 1. The molecule has 3 rings (SSSR count). The van der Waals surface area contributed by atoms with Gasteiger partial charge in [0.25, 0.3) is 5.91 Å². The first kappa shape index (κ1) is 13.6. The molecule has 0 saturated heterocycles. The molecule has 1 aliphatic carbocycles. The lowest BCUT2D eigenvalue weighted by Gasteiger charge is -2.19. The van der Waals surface area contributed by atoms with Crippen LogP contribution in [0.15, 0.2) is 48.5 Å². The van der Waals surface area contributed by atoms with Crippen molar-refractivity contribution in [2.45, 2.75) is 18.9 Å². The second kappa shape index (κ2) is 5.56. The Kier molecular flexibility index (Phi) is 3.60. The molecule has 0 spiro atoms. The Morgan fingerprint density at radius 2 is 1.90 bits per heavy atom. The molecule has 0 heterocycles. The molecule has 1 aliphatic rings. The topological polar surface area (TPSA) is 55.1 Å². The van der Waals surface area contributed by atoms with Crippen LogP contribution in [0.5, 0.6) is 0 Å². The number of carbonyl (C=O) groups excluding carboxylic acids is 1. The molecular weight excluding hydrogens is 267 g/mol. The average Bonchev–Trinajstić information content (AvgIpc) is 3.30. The van der Waals surface area contributed by atoms with Crippen LogP contribution in [-0.4, -0.2) is 5.91 Å². The fraction of sp³-hybridized carbons (Fsp3) is 0.235. The Labute approximate surface area is 123 Å². The van der Waals surface area contributed by atoms with Gasteiger partial charge in [0.1, 0.15) is 5.82 Å². The van der Waals surface area contributed by atoms with Crippen molar-refractivity contribution >= 4 is 11.6 Å². The summed E-state index contributed by atoms with van der Waals surface area (Å²) in [7, 11) is 0. The van der Waals surface area contributed by atoms with Crippen molar-refractivity contribution < 1.29 is 9.18 Å². The predicted molar refractivity (Wildman–Crippen MR) is 80.2 cm³/mol. The molecule has 0 bridgehead atoms. The van der Waals surface area contributed by atoms with Gasteiger partial charge < -0.3 is 11.1 Å². The van der Waals surface area contributed by atoms with Crippen molar-refractivity contribution in [3.05, 3.63) is 65.5 Å². The number of nitrogens with two attached hydrogens (primary N) is 1. The zero-order valence-electron chi connectivity index (χ0n) is 11.6. The second-order valence-corrected chi connectivity index (χ2v) is 5.43. The third-order valence-electron chi connectivity index (χ3n) is 3.80. The summed E-state index contributed by atoms with van der Waals surface area (Å²) >= 11 is 0. The predicted octanol–water partition coefficient (Wildman–Crippen LogP) is 3.29. The number of halogens is 1. The van der Waals surface area contributed by atoms with Crippen LogP contribution in [0.25, 0.3) is 0 Å². The molecule has 2 aromatic carbocycles. The van der Waals surface area contributed by atoms with E-state index in [0.29, 0.717) is 11.5 Å². The van der Waals surface area contributed by atoms with Crippen LogP contribution < -0.4 is 11.1 Å². The van der Waals surface area contributed by atoms with E-state index in [0.717, 1.165) is 18.4 Å². The molecule has 2 aromatic rings. The first-order valence-electron chi connectivity index (χ1n) is 7.06. The van der Waals surface area contributed by atoms with E-state index in [9.17, 15) is 9.18 Å². The van der Waals surface area contributed by atoms with E-state index >= 15 is 0 Å². The maximum atomic E-state index is 13.1. The number of anilines is 1. The summed E-state index contributed by atoms with van der Waals surface area (Å²) in [5.74, 6) is -0.225. The average molecular weight is 284 g/mol. The fourth-order valence-corrected chi connectivity index (χ4v) is 2.52. The van der Waals surface area contributed by atoms with E-state index in [2.05, 4.69) is 5.32 Å². The molecule has 1 unspecified atom stereocenters. The van der Waals surface area contributed by atoms with Gasteiger partial charge in [-0.2, -0.15) is 0 Å². The highest BCUT2D eigenvalue weighted by atomic mass is 19.1. The van der Waals surface area contributed by atoms with Gasteiger partial charge >= 0.3 is 0 Å². The molecule has 1 amide bonds.